The van der Waals surface area contributed by atoms with Gasteiger partial charge in [0.05, 0.1) is 6.20 Å². The maximum atomic E-state index is 4.62. The third-order valence-corrected chi connectivity index (χ3v) is 4.32. The van der Waals surface area contributed by atoms with E-state index in [2.05, 4.69) is 50.5 Å². The van der Waals surface area contributed by atoms with Crippen molar-refractivity contribution in [2.75, 3.05) is 23.3 Å². The SMILES string of the molecule is CCN(c1ccccc1)c1cnnc(NCCC2=CCCCC2)n1. The van der Waals surface area contributed by atoms with Crippen molar-refractivity contribution in [1.29, 1.82) is 0 Å². The predicted molar refractivity (Wildman–Crippen MR) is 98.6 cm³/mol. The molecule has 1 aliphatic carbocycles. The van der Waals surface area contributed by atoms with E-state index in [1.54, 1.807) is 11.8 Å². The van der Waals surface area contributed by atoms with Gasteiger partial charge in [-0.15, -0.1) is 5.10 Å². The maximum absolute atomic E-state index is 4.62. The van der Waals surface area contributed by atoms with Crippen molar-refractivity contribution in [3.8, 4) is 0 Å². The van der Waals surface area contributed by atoms with Crippen LogP contribution >= 0.6 is 0 Å². The Morgan fingerprint density at radius 2 is 2.04 bits per heavy atom. The third kappa shape index (κ3) is 4.31. The number of anilines is 3. The number of para-hydroxylation sites is 1. The number of nitrogens with one attached hydrogen (secondary N) is 1. The van der Waals surface area contributed by atoms with Crippen LogP contribution < -0.4 is 10.2 Å². The zero-order valence-electron chi connectivity index (χ0n) is 14.3. The lowest BCUT2D eigenvalue weighted by Gasteiger charge is -2.21. The summed E-state index contributed by atoms with van der Waals surface area (Å²) in [6.07, 6.45) is 10.3. The minimum absolute atomic E-state index is 0.596. The molecule has 1 aliphatic rings. The fourth-order valence-corrected chi connectivity index (χ4v) is 3.05. The van der Waals surface area contributed by atoms with Gasteiger partial charge in [-0.05, 0) is 51.2 Å². The molecule has 1 aromatic carbocycles. The molecule has 0 aliphatic heterocycles. The molecule has 1 N–H and O–H groups in total. The minimum atomic E-state index is 0.596. The number of rotatable bonds is 7. The highest BCUT2D eigenvalue weighted by molar-refractivity contribution is 5.59. The van der Waals surface area contributed by atoms with Crippen LogP contribution in [0.25, 0.3) is 0 Å². The lowest BCUT2D eigenvalue weighted by Crippen LogP contribution is -2.19. The molecule has 0 saturated heterocycles. The topological polar surface area (TPSA) is 53.9 Å². The molecule has 3 rings (SSSR count). The molecule has 0 amide bonds. The number of benzene rings is 1. The molecule has 0 atom stereocenters. The van der Waals surface area contributed by atoms with Crippen molar-refractivity contribution >= 4 is 17.5 Å². The van der Waals surface area contributed by atoms with Crippen molar-refractivity contribution < 1.29 is 0 Å². The first kappa shape index (κ1) is 16.4. The summed E-state index contributed by atoms with van der Waals surface area (Å²) in [6.45, 7) is 3.79. The lowest BCUT2D eigenvalue weighted by molar-refractivity contribution is 0.678. The number of hydrogen-bond donors (Lipinski definition) is 1. The molecule has 0 bridgehead atoms. The molecule has 1 aromatic heterocycles. The molecule has 0 radical (unpaired) electrons. The van der Waals surface area contributed by atoms with Gasteiger partial charge in [0.2, 0.25) is 5.95 Å². The highest BCUT2D eigenvalue weighted by Gasteiger charge is 2.10. The number of allylic oxidation sites excluding steroid dienone is 1. The summed E-state index contributed by atoms with van der Waals surface area (Å²) >= 11 is 0. The summed E-state index contributed by atoms with van der Waals surface area (Å²) < 4.78 is 0. The molecule has 0 saturated carbocycles. The van der Waals surface area contributed by atoms with Crippen molar-refractivity contribution in [3.63, 3.8) is 0 Å². The van der Waals surface area contributed by atoms with E-state index in [9.17, 15) is 0 Å². The standard InChI is InChI=1S/C19H25N5/c1-2-24(17-11-7-4-8-12-17)18-15-21-23-19(22-18)20-14-13-16-9-5-3-6-10-16/h4,7-9,11-12,15H,2-3,5-6,10,13-14H2,1H3,(H,20,22,23). The van der Waals surface area contributed by atoms with Gasteiger partial charge in [0.1, 0.15) is 0 Å². The van der Waals surface area contributed by atoms with Crippen LogP contribution in [0.4, 0.5) is 17.5 Å². The summed E-state index contributed by atoms with van der Waals surface area (Å²) in [7, 11) is 0. The minimum Gasteiger partial charge on any atom is -0.353 e. The van der Waals surface area contributed by atoms with Crippen LogP contribution in [-0.4, -0.2) is 28.3 Å². The van der Waals surface area contributed by atoms with E-state index in [0.717, 1.165) is 31.0 Å². The van der Waals surface area contributed by atoms with Crippen molar-refractivity contribution in [2.24, 2.45) is 0 Å². The largest absolute Gasteiger partial charge is 0.353 e. The van der Waals surface area contributed by atoms with Crippen LogP contribution in [0.2, 0.25) is 0 Å². The smallest absolute Gasteiger partial charge is 0.244 e. The van der Waals surface area contributed by atoms with Gasteiger partial charge >= 0.3 is 0 Å². The van der Waals surface area contributed by atoms with Gasteiger partial charge in [-0.25, -0.2) is 0 Å². The Morgan fingerprint density at radius 1 is 1.17 bits per heavy atom. The Kier molecular flexibility index (Phi) is 5.77. The zero-order chi connectivity index (χ0) is 16.6. The summed E-state index contributed by atoms with van der Waals surface area (Å²) in [5.41, 5.74) is 2.66. The first-order valence-corrected chi connectivity index (χ1v) is 8.81. The maximum Gasteiger partial charge on any atom is 0.244 e. The van der Waals surface area contributed by atoms with E-state index in [4.69, 9.17) is 0 Å². The van der Waals surface area contributed by atoms with Crippen molar-refractivity contribution in [2.45, 2.75) is 39.0 Å². The first-order valence-electron chi connectivity index (χ1n) is 8.81. The van der Waals surface area contributed by atoms with E-state index in [-0.39, 0.29) is 0 Å². The van der Waals surface area contributed by atoms with Gasteiger partial charge in [-0.2, -0.15) is 10.1 Å². The predicted octanol–water partition coefficient (Wildman–Crippen LogP) is 4.33. The lowest BCUT2D eigenvalue weighted by atomic mass is 9.97. The average Bonchev–Trinajstić information content (AvgIpc) is 2.65. The zero-order valence-corrected chi connectivity index (χ0v) is 14.3. The van der Waals surface area contributed by atoms with Gasteiger partial charge in [0, 0.05) is 18.8 Å². The van der Waals surface area contributed by atoms with Crippen LogP contribution in [0.1, 0.15) is 39.0 Å². The van der Waals surface area contributed by atoms with Crippen LogP contribution in [0.3, 0.4) is 0 Å². The molecule has 2 aromatic rings. The molecular formula is C19H25N5. The fourth-order valence-electron chi connectivity index (χ4n) is 3.05. The second-order valence-electron chi connectivity index (χ2n) is 6.00. The van der Waals surface area contributed by atoms with Crippen LogP contribution in [-0.2, 0) is 0 Å². The van der Waals surface area contributed by atoms with Crippen molar-refractivity contribution in [3.05, 3.63) is 48.2 Å². The summed E-state index contributed by atoms with van der Waals surface area (Å²) in [5.74, 6) is 1.41. The van der Waals surface area contributed by atoms with Gasteiger partial charge < -0.3 is 10.2 Å². The molecule has 0 fully saturated rings. The Morgan fingerprint density at radius 3 is 2.79 bits per heavy atom. The third-order valence-electron chi connectivity index (χ3n) is 4.32. The van der Waals surface area contributed by atoms with Crippen LogP contribution in [0.5, 0.6) is 0 Å². The summed E-state index contributed by atoms with van der Waals surface area (Å²) in [6, 6.07) is 10.2. The normalized spacial score (nSPS) is 14.1. The Hall–Kier alpha value is -2.43. The monoisotopic (exact) mass is 323 g/mol. The summed E-state index contributed by atoms with van der Waals surface area (Å²) in [4.78, 5) is 6.75. The van der Waals surface area contributed by atoms with E-state index in [0.29, 0.717) is 5.95 Å². The van der Waals surface area contributed by atoms with Crippen molar-refractivity contribution in [1.82, 2.24) is 15.2 Å². The van der Waals surface area contributed by atoms with Gasteiger partial charge in [-0.1, -0.05) is 29.8 Å². The molecule has 5 heteroatoms. The van der Waals surface area contributed by atoms with Crippen LogP contribution in [0, 0.1) is 0 Å². The Bertz CT molecular complexity index is 668. The quantitative estimate of drug-likeness (QED) is 0.769. The van der Waals surface area contributed by atoms with E-state index < -0.39 is 0 Å². The molecule has 5 nitrogen and oxygen atoms in total. The molecular weight excluding hydrogens is 298 g/mol. The summed E-state index contributed by atoms with van der Waals surface area (Å²) in [5, 5.41) is 11.5. The molecule has 0 spiro atoms. The second kappa shape index (κ2) is 8.43. The first-order chi connectivity index (χ1) is 11.9. The van der Waals surface area contributed by atoms with Crippen LogP contribution in [0.15, 0.2) is 48.2 Å². The molecule has 24 heavy (non-hydrogen) atoms. The Labute approximate surface area is 143 Å². The fraction of sp³-hybridized carbons (Fsp3) is 0.421. The number of aromatic nitrogens is 3. The van der Waals surface area contributed by atoms with Gasteiger partial charge in [-0.3, -0.25) is 0 Å². The van der Waals surface area contributed by atoms with Gasteiger partial charge in [0.25, 0.3) is 0 Å². The van der Waals surface area contributed by atoms with E-state index in [1.165, 1.54) is 25.7 Å². The highest BCUT2D eigenvalue weighted by atomic mass is 15.3. The molecule has 1 heterocycles. The van der Waals surface area contributed by atoms with E-state index >= 15 is 0 Å². The molecule has 126 valence electrons. The van der Waals surface area contributed by atoms with E-state index in [1.807, 2.05) is 18.2 Å². The second-order valence-corrected chi connectivity index (χ2v) is 6.00. The molecule has 0 unspecified atom stereocenters. The average molecular weight is 323 g/mol. The highest BCUT2D eigenvalue weighted by Crippen LogP contribution is 2.23. The van der Waals surface area contributed by atoms with Gasteiger partial charge in [0.15, 0.2) is 5.82 Å². The Balaban J connectivity index is 1.64. The number of nitrogens with zero attached hydrogens (tertiary/aromatic N) is 4. The number of hydrogen-bond acceptors (Lipinski definition) is 5.